The first-order valence-corrected chi connectivity index (χ1v) is 7.74. The van der Waals surface area contributed by atoms with Gasteiger partial charge >= 0.3 is 0 Å². The number of ketones is 1. The second-order valence-corrected chi connectivity index (χ2v) is 5.83. The van der Waals surface area contributed by atoms with Crippen molar-refractivity contribution in [2.24, 2.45) is 0 Å². The van der Waals surface area contributed by atoms with Crippen LogP contribution in [0, 0.1) is 5.82 Å². The zero-order valence-corrected chi connectivity index (χ0v) is 12.6. The van der Waals surface area contributed by atoms with E-state index in [1.165, 1.54) is 24.3 Å². The summed E-state index contributed by atoms with van der Waals surface area (Å²) in [6, 6.07) is 6.85. The van der Waals surface area contributed by atoms with Gasteiger partial charge in [0.2, 0.25) is 0 Å². The van der Waals surface area contributed by atoms with Crippen LogP contribution >= 0.6 is 11.3 Å². The molecule has 1 aromatic heterocycles. The van der Waals surface area contributed by atoms with Crippen molar-refractivity contribution < 1.29 is 9.18 Å². The first kappa shape index (κ1) is 14.0. The minimum Gasteiger partial charge on any atom is -0.366 e. The molecule has 0 unspecified atom stereocenters. The number of rotatable bonds is 3. The molecule has 110 valence electrons. The minimum absolute atomic E-state index is 0.0116. The van der Waals surface area contributed by atoms with Gasteiger partial charge in [0.25, 0.3) is 0 Å². The third-order valence-corrected chi connectivity index (χ3v) is 4.50. The van der Waals surface area contributed by atoms with Crippen LogP contribution in [0.4, 0.5) is 15.2 Å². The normalized spacial score (nSPS) is 15.3. The van der Waals surface area contributed by atoms with Crippen molar-refractivity contribution in [3.8, 4) is 0 Å². The van der Waals surface area contributed by atoms with Crippen molar-refractivity contribution in [3.63, 3.8) is 0 Å². The SMILES string of the molecule is CC(=O)c1csc(N2CCN(c3ccccc3F)CC2)n1. The number of para-hydroxylation sites is 1. The average Bonchev–Trinajstić information content (AvgIpc) is 2.98. The molecule has 0 saturated carbocycles. The van der Waals surface area contributed by atoms with Gasteiger partial charge in [-0.1, -0.05) is 12.1 Å². The Morgan fingerprint density at radius 2 is 1.86 bits per heavy atom. The Kier molecular flexibility index (Phi) is 3.88. The molecular weight excluding hydrogens is 289 g/mol. The van der Waals surface area contributed by atoms with Crippen molar-refractivity contribution in [3.05, 3.63) is 41.2 Å². The van der Waals surface area contributed by atoms with Gasteiger partial charge in [-0.05, 0) is 12.1 Å². The quantitative estimate of drug-likeness (QED) is 0.817. The Labute approximate surface area is 126 Å². The van der Waals surface area contributed by atoms with E-state index in [0.717, 1.165) is 31.3 Å². The number of carbonyl (C=O) groups is 1. The van der Waals surface area contributed by atoms with E-state index in [2.05, 4.69) is 9.88 Å². The fraction of sp³-hybridized carbons (Fsp3) is 0.333. The fourth-order valence-electron chi connectivity index (χ4n) is 2.42. The Balaban J connectivity index is 1.67. The number of benzene rings is 1. The number of thiazole rings is 1. The summed E-state index contributed by atoms with van der Waals surface area (Å²) in [7, 11) is 0. The molecule has 0 bridgehead atoms. The molecule has 6 heteroatoms. The van der Waals surface area contributed by atoms with E-state index < -0.39 is 0 Å². The summed E-state index contributed by atoms with van der Waals surface area (Å²) in [4.78, 5) is 19.8. The summed E-state index contributed by atoms with van der Waals surface area (Å²) < 4.78 is 13.8. The molecule has 1 aromatic carbocycles. The predicted octanol–water partition coefficient (Wildman–Crippen LogP) is 2.81. The molecule has 2 heterocycles. The van der Waals surface area contributed by atoms with Gasteiger partial charge in [0.15, 0.2) is 10.9 Å². The molecule has 3 rings (SSSR count). The highest BCUT2D eigenvalue weighted by Crippen LogP contribution is 2.25. The lowest BCUT2D eigenvalue weighted by atomic mass is 10.2. The summed E-state index contributed by atoms with van der Waals surface area (Å²) in [5.41, 5.74) is 1.17. The van der Waals surface area contributed by atoms with Gasteiger partial charge in [-0.2, -0.15) is 0 Å². The Hall–Kier alpha value is -1.95. The van der Waals surface area contributed by atoms with Crippen LogP contribution in [0.15, 0.2) is 29.6 Å². The van der Waals surface area contributed by atoms with E-state index in [4.69, 9.17) is 0 Å². The monoisotopic (exact) mass is 305 g/mol. The molecule has 1 aliphatic heterocycles. The average molecular weight is 305 g/mol. The Morgan fingerprint density at radius 3 is 2.48 bits per heavy atom. The number of hydrogen-bond donors (Lipinski definition) is 0. The van der Waals surface area contributed by atoms with E-state index in [1.54, 1.807) is 11.4 Å². The molecule has 0 spiro atoms. The van der Waals surface area contributed by atoms with Crippen molar-refractivity contribution in [1.29, 1.82) is 0 Å². The molecular formula is C15H16FN3OS. The van der Waals surface area contributed by atoms with Crippen LogP contribution < -0.4 is 9.80 Å². The molecule has 0 atom stereocenters. The van der Waals surface area contributed by atoms with Gasteiger partial charge in [-0.15, -0.1) is 11.3 Å². The van der Waals surface area contributed by atoms with E-state index in [1.807, 2.05) is 17.0 Å². The first-order chi connectivity index (χ1) is 10.1. The summed E-state index contributed by atoms with van der Waals surface area (Å²) in [5.74, 6) is -0.193. The van der Waals surface area contributed by atoms with Crippen LogP contribution in [0.3, 0.4) is 0 Å². The number of carbonyl (C=O) groups excluding carboxylic acids is 1. The summed E-state index contributed by atoms with van der Waals surface area (Å²) >= 11 is 1.49. The molecule has 21 heavy (non-hydrogen) atoms. The topological polar surface area (TPSA) is 36.4 Å². The number of halogens is 1. The van der Waals surface area contributed by atoms with Crippen LogP contribution in [-0.2, 0) is 0 Å². The molecule has 1 fully saturated rings. The van der Waals surface area contributed by atoms with Crippen molar-refractivity contribution in [1.82, 2.24) is 4.98 Å². The van der Waals surface area contributed by atoms with E-state index in [-0.39, 0.29) is 11.6 Å². The lowest BCUT2D eigenvalue weighted by Crippen LogP contribution is -2.46. The summed E-state index contributed by atoms with van der Waals surface area (Å²) in [5, 5.41) is 2.66. The van der Waals surface area contributed by atoms with Crippen LogP contribution in [0.25, 0.3) is 0 Å². The highest BCUT2D eigenvalue weighted by Gasteiger charge is 2.21. The van der Waals surface area contributed by atoms with Crippen LogP contribution in [0.1, 0.15) is 17.4 Å². The van der Waals surface area contributed by atoms with Gasteiger partial charge < -0.3 is 9.80 Å². The predicted molar refractivity (Wildman–Crippen MR) is 82.9 cm³/mol. The van der Waals surface area contributed by atoms with Crippen LogP contribution in [0.2, 0.25) is 0 Å². The second-order valence-electron chi connectivity index (χ2n) is 5.00. The standard InChI is InChI=1S/C15H16FN3OS/c1-11(20)13-10-21-15(17-13)19-8-6-18(7-9-19)14-5-3-2-4-12(14)16/h2-5,10H,6-9H2,1H3. The third kappa shape index (κ3) is 2.90. The highest BCUT2D eigenvalue weighted by atomic mass is 32.1. The zero-order valence-electron chi connectivity index (χ0n) is 11.8. The lowest BCUT2D eigenvalue weighted by Gasteiger charge is -2.36. The number of aromatic nitrogens is 1. The van der Waals surface area contributed by atoms with Crippen molar-refractivity contribution in [2.75, 3.05) is 36.0 Å². The van der Waals surface area contributed by atoms with Gasteiger partial charge in [0, 0.05) is 38.5 Å². The molecule has 1 aliphatic rings. The maximum atomic E-state index is 13.8. The van der Waals surface area contributed by atoms with Crippen molar-refractivity contribution in [2.45, 2.75) is 6.92 Å². The molecule has 0 aliphatic carbocycles. The number of anilines is 2. The van der Waals surface area contributed by atoms with E-state index in [0.29, 0.717) is 11.4 Å². The maximum absolute atomic E-state index is 13.8. The molecule has 0 radical (unpaired) electrons. The molecule has 4 nitrogen and oxygen atoms in total. The number of hydrogen-bond acceptors (Lipinski definition) is 5. The summed E-state index contributed by atoms with van der Waals surface area (Å²) in [6.45, 7) is 4.57. The smallest absolute Gasteiger partial charge is 0.186 e. The number of nitrogens with zero attached hydrogens (tertiary/aromatic N) is 3. The largest absolute Gasteiger partial charge is 0.366 e. The third-order valence-electron chi connectivity index (χ3n) is 3.60. The number of piperazine rings is 1. The Bertz CT molecular complexity index is 650. The number of Topliss-reactive ketones (excluding diaryl/α,β-unsaturated/α-hetero) is 1. The first-order valence-electron chi connectivity index (χ1n) is 6.86. The van der Waals surface area contributed by atoms with Crippen LogP contribution in [0.5, 0.6) is 0 Å². The summed E-state index contributed by atoms with van der Waals surface area (Å²) in [6.07, 6.45) is 0. The van der Waals surface area contributed by atoms with E-state index in [9.17, 15) is 9.18 Å². The Morgan fingerprint density at radius 1 is 1.19 bits per heavy atom. The van der Waals surface area contributed by atoms with Crippen LogP contribution in [-0.4, -0.2) is 36.9 Å². The fourth-order valence-corrected chi connectivity index (χ4v) is 3.34. The van der Waals surface area contributed by atoms with E-state index >= 15 is 0 Å². The molecule has 0 amide bonds. The minimum atomic E-state index is -0.181. The molecule has 2 aromatic rings. The van der Waals surface area contributed by atoms with Gasteiger partial charge in [-0.3, -0.25) is 4.79 Å². The zero-order chi connectivity index (χ0) is 14.8. The van der Waals surface area contributed by atoms with Gasteiger partial charge in [0.05, 0.1) is 5.69 Å². The second kappa shape index (κ2) is 5.81. The highest BCUT2D eigenvalue weighted by molar-refractivity contribution is 7.13. The van der Waals surface area contributed by atoms with Crippen molar-refractivity contribution >= 4 is 27.9 Å². The maximum Gasteiger partial charge on any atom is 0.186 e. The van der Waals surface area contributed by atoms with Gasteiger partial charge in [-0.25, -0.2) is 9.37 Å². The van der Waals surface area contributed by atoms with Gasteiger partial charge in [0.1, 0.15) is 11.5 Å². The molecule has 1 saturated heterocycles. The lowest BCUT2D eigenvalue weighted by molar-refractivity contribution is 0.101. The molecule has 0 N–H and O–H groups in total.